The zero-order valence-electron chi connectivity index (χ0n) is 10.8. The van der Waals surface area contributed by atoms with Gasteiger partial charge in [-0.3, -0.25) is 0 Å². The molecule has 2 saturated carbocycles. The summed E-state index contributed by atoms with van der Waals surface area (Å²) in [6.07, 6.45) is 8.90. The molecule has 3 aliphatic rings. The van der Waals surface area contributed by atoms with E-state index >= 15 is 0 Å². The van der Waals surface area contributed by atoms with Gasteiger partial charge in [-0.1, -0.05) is 6.42 Å². The molecule has 1 aliphatic heterocycles. The SMILES string of the molecule is Cl.NCC1CCCN(CC2CC3CCC2C3)C1. The number of rotatable bonds is 3. The van der Waals surface area contributed by atoms with E-state index in [-0.39, 0.29) is 12.4 Å². The van der Waals surface area contributed by atoms with Crippen molar-refractivity contribution in [1.82, 2.24) is 4.90 Å². The van der Waals surface area contributed by atoms with Crippen LogP contribution >= 0.6 is 12.4 Å². The number of nitrogens with zero attached hydrogens (tertiary/aromatic N) is 1. The lowest BCUT2D eigenvalue weighted by Gasteiger charge is -2.35. The first-order valence-corrected chi connectivity index (χ1v) is 7.27. The molecule has 3 rings (SSSR count). The standard InChI is InChI=1S/C14H26N2.ClH/c15-8-12-2-1-5-16(9-12)10-14-7-11-3-4-13(14)6-11;/h11-14H,1-10,15H2;1H. The molecule has 0 aromatic heterocycles. The van der Waals surface area contributed by atoms with Crippen molar-refractivity contribution in [2.24, 2.45) is 29.4 Å². The van der Waals surface area contributed by atoms with Crippen molar-refractivity contribution in [3.8, 4) is 0 Å². The van der Waals surface area contributed by atoms with E-state index in [0.717, 1.165) is 30.2 Å². The predicted molar refractivity (Wildman–Crippen MR) is 74.4 cm³/mol. The maximum absolute atomic E-state index is 5.81. The Morgan fingerprint density at radius 2 is 2.00 bits per heavy atom. The molecule has 1 saturated heterocycles. The Kier molecular flexibility index (Phi) is 4.73. The van der Waals surface area contributed by atoms with Gasteiger partial charge in [-0.05, 0) is 68.9 Å². The van der Waals surface area contributed by atoms with Gasteiger partial charge in [0.15, 0.2) is 0 Å². The second-order valence-electron chi connectivity index (χ2n) is 6.44. The lowest BCUT2D eigenvalue weighted by molar-refractivity contribution is 0.134. The number of halogens is 1. The van der Waals surface area contributed by atoms with E-state index < -0.39 is 0 Å². The van der Waals surface area contributed by atoms with Gasteiger partial charge >= 0.3 is 0 Å². The van der Waals surface area contributed by atoms with Crippen molar-refractivity contribution in [1.29, 1.82) is 0 Å². The van der Waals surface area contributed by atoms with Crippen LogP contribution in [0.4, 0.5) is 0 Å². The summed E-state index contributed by atoms with van der Waals surface area (Å²) in [4.78, 5) is 2.71. The van der Waals surface area contributed by atoms with Gasteiger partial charge in [0.05, 0.1) is 0 Å². The molecule has 0 radical (unpaired) electrons. The number of hydrogen-bond acceptors (Lipinski definition) is 2. The van der Waals surface area contributed by atoms with E-state index in [1.807, 2.05) is 0 Å². The van der Waals surface area contributed by atoms with Gasteiger partial charge in [0.25, 0.3) is 0 Å². The minimum atomic E-state index is 0. The molecule has 0 aromatic carbocycles. The van der Waals surface area contributed by atoms with Crippen LogP contribution in [0.15, 0.2) is 0 Å². The molecule has 2 N–H and O–H groups in total. The van der Waals surface area contributed by atoms with Crippen LogP contribution in [-0.4, -0.2) is 31.1 Å². The second-order valence-corrected chi connectivity index (χ2v) is 6.44. The second kappa shape index (κ2) is 5.90. The average molecular weight is 259 g/mol. The Morgan fingerprint density at radius 3 is 2.65 bits per heavy atom. The molecule has 0 amide bonds. The van der Waals surface area contributed by atoms with Gasteiger partial charge in [-0.25, -0.2) is 0 Å². The first-order valence-electron chi connectivity index (χ1n) is 7.27. The van der Waals surface area contributed by atoms with Crippen LogP contribution in [0.1, 0.15) is 38.5 Å². The quantitative estimate of drug-likeness (QED) is 0.843. The maximum Gasteiger partial charge on any atom is 0.00218 e. The molecule has 3 fully saturated rings. The summed E-state index contributed by atoms with van der Waals surface area (Å²) in [5.74, 6) is 4.01. The molecule has 17 heavy (non-hydrogen) atoms. The topological polar surface area (TPSA) is 29.3 Å². The first-order chi connectivity index (χ1) is 7.85. The van der Waals surface area contributed by atoms with E-state index in [1.54, 1.807) is 6.42 Å². The number of piperidine rings is 1. The maximum atomic E-state index is 5.81. The van der Waals surface area contributed by atoms with Crippen molar-refractivity contribution in [2.45, 2.75) is 38.5 Å². The fourth-order valence-corrected chi connectivity index (χ4v) is 4.44. The van der Waals surface area contributed by atoms with Crippen LogP contribution in [0.5, 0.6) is 0 Å². The van der Waals surface area contributed by atoms with Crippen molar-refractivity contribution >= 4 is 12.4 Å². The van der Waals surface area contributed by atoms with Crippen LogP contribution in [0, 0.1) is 23.7 Å². The molecule has 4 unspecified atom stereocenters. The van der Waals surface area contributed by atoms with E-state index in [0.29, 0.717) is 0 Å². The Bertz CT molecular complexity index is 246. The van der Waals surface area contributed by atoms with E-state index in [1.165, 1.54) is 51.7 Å². The molecular weight excluding hydrogens is 232 g/mol. The third-order valence-corrected chi connectivity index (χ3v) is 5.31. The van der Waals surface area contributed by atoms with Gasteiger partial charge in [0.1, 0.15) is 0 Å². The van der Waals surface area contributed by atoms with E-state index in [4.69, 9.17) is 5.73 Å². The summed E-state index contributed by atoms with van der Waals surface area (Å²) >= 11 is 0. The molecule has 0 spiro atoms. The van der Waals surface area contributed by atoms with Crippen LogP contribution in [-0.2, 0) is 0 Å². The molecule has 2 nitrogen and oxygen atoms in total. The van der Waals surface area contributed by atoms with Crippen LogP contribution < -0.4 is 5.73 Å². The normalized spacial score (nSPS) is 41.5. The Morgan fingerprint density at radius 1 is 1.12 bits per heavy atom. The van der Waals surface area contributed by atoms with Gasteiger partial charge < -0.3 is 10.6 Å². The summed E-state index contributed by atoms with van der Waals surface area (Å²) in [5, 5.41) is 0. The molecular formula is C14H27ClN2. The highest BCUT2D eigenvalue weighted by molar-refractivity contribution is 5.85. The third-order valence-electron chi connectivity index (χ3n) is 5.31. The van der Waals surface area contributed by atoms with E-state index in [9.17, 15) is 0 Å². The Balaban J connectivity index is 0.00000108. The summed E-state index contributed by atoms with van der Waals surface area (Å²) in [5.41, 5.74) is 5.81. The molecule has 2 aliphatic carbocycles. The Labute approximate surface area is 112 Å². The highest BCUT2D eigenvalue weighted by Gasteiger charge is 2.40. The summed E-state index contributed by atoms with van der Waals surface area (Å²) in [6, 6.07) is 0. The van der Waals surface area contributed by atoms with Gasteiger partial charge in [0, 0.05) is 13.1 Å². The highest BCUT2D eigenvalue weighted by atomic mass is 35.5. The predicted octanol–water partition coefficient (Wildman–Crippen LogP) is 2.52. The smallest absolute Gasteiger partial charge is 0.00218 e. The van der Waals surface area contributed by atoms with Crippen molar-refractivity contribution in [3.63, 3.8) is 0 Å². The lowest BCUT2D eigenvalue weighted by atomic mass is 9.87. The van der Waals surface area contributed by atoms with Gasteiger partial charge in [-0.15, -0.1) is 12.4 Å². The average Bonchev–Trinajstić information content (AvgIpc) is 2.91. The minimum absolute atomic E-state index is 0. The summed E-state index contributed by atoms with van der Waals surface area (Å²) in [7, 11) is 0. The molecule has 0 aromatic rings. The van der Waals surface area contributed by atoms with Crippen molar-refractivity contribution in [2.75, 3.05) is 26.2 Å². The van der Waals surface area contributed by atoms with Gasteiger partial charge in [0.2, 0.25) is 0 Å². The lowest BCUT2D eigenvalue weighted by Crippen LogP contribution is -2.41. The number of nitrogens with two attached hydrogens (primary N) is 1. The number of hydrogen-bond donors (Lipinski definition) is 1. The largest absolute Gasteiger partial charge is 0.330 e. The first kappa shape index (κ1) is 13.6. The molecule has 4 atom stereocenters. The monoisotopic (exact) mass is 258 g/mol. The van der Waals surface area contributed by atoms with E-state index in [2.05, 4.69) is 4.90 Å². The molecule has 2 bridgehead atoms. The number of fused-ring (bicyclic) bond motifs is 2. The fourth-order valence-electron chi connectivity index (χ4n) is 4.44. The van der Waals surface area contributed by atoms with Crippen molar-refractivity contribution in [3.05, 3.63) is 0 Å². The Hall–Kier alpha value is 0.210. The third kappa shape index (κ3) is 2.97. The van der Waals surface area contributed by atoms with Crippen LogP contribution in [0.25, 0.3) is 0 Å². The van der Waals surface area contributed by atoms with Gasteiger partial charge in [-0.2, -0.15) is 0 Å². The fraction of sp³-hybridized carbons (Fsp3) is 1.00. The van der Waals surface area contributed by atoms with Crippen LogP contribution in [0.2, 0.25) is 0 Å². The van der Waals surface area contributed by atoms with Crippen molar-refractivity contribution < 1.29 is 0 Å². The summed E-state index contributed by atoms with van der Waals surface area (Å²) in [6.45, 7) is 4.90. The molecule has 3 heteroatoms. The summed E-state index contributed by atoms with van der Waals surface area (Å²) < 4.78 is 0. The minimum Gasteiger partial charge on any atom is -0.330 e. The number of likely N-dealkylation sites (tertiary alicyclic amines) is 1. The van der Waals surface area contributed by atoms with Crippen LogP contribution in [0.3, 0.4) is 0 Å². The molecule has 1 heterocycles. The zero-order chi connectivity index (χ0) is 11.0. The zero-order valence-corrected chi connectivity index (χ0v) is 11.6. The highest BCUT2D eigenvalue weighted by Crippen LogP contribution is 2.48. The molecule has 100 valence electrons.